The minimum Gasteiger partial charge on any atom is -0.481 e. The smallest absolute Gasteiger partial charge is 0.346 e. The molecule has 112 valence electrons. The van der Waals surface area contributed by atoms with E-state index in [-0.39, 0.29) is 12.3 Å². The van der Waals surface area contributed by atoms with Gasteiger partial charge in [-0.15, -0.1) is 0 Å². The van der Waals surface area contributed by atoms with Crippen LogP contribution in [0, 0.1) is 0 Å². The second-order valence-corrected chi connectivity index (χ2v) is 4.57. The topological polar surface area (TPSA) is 130 Å². The molecule has 21 heavy (non-hydrogen) atoms. The van der Waals surface area contributed by atoms with E-state index in [0.29, 0.717) is 5.69 Å². The molecule has 1 heterocycles. The molecule has 1 aromatic carbocycles. The Bertz CT molecular complexity index is 588. The van der Waals surface area contributed by atoms with Crippen molar-refractivity contribution in [1.29, 1.82) is 0 Å². The number of carboxylic acids is 2. The second-order valence-electron chi connectivity index (χ2n) is 4.57. The van der Waals surface area contributed by atoms with Crippen molar-refractivity contribution in [2.45, 2.75) is 18.6 Å². The normalized spacial score (nSPS) is 18.3. The minimum atomic E-state index is -1.25. The predicted molar refractivity (Wildman–Crippen MR) is 71.1 cm³/mol. The van der Waals surface area contributed by atoms with Crippen molar-refractivity contribution < 1.29 is 29.3 Å². The summed E-state index contributed by atoms with van der Waals surface area (Å²) in [6.45, 7) is -0.224. The van der Waals surface area contributed by atoms with Crippen LogP contribution in [0.4, 0.5) is 5.69 Å². The molecule has 4 N–H and O–H groups in total. The Kier molecular flexibility index (Phi) is 4.08. The lowest BCUT2D eigenvalue weighted by molar-refractivity contribution is -0.145. The first kappa shape index (κ1) is 14.8. The summed E-state index contributed by atoms with van der Waals surface area (Å²) in [6, 6.07) is 5.17. The average molecular weight is 294 g/mol. The molecule has 0 saturated carbocycles. The molecular formula is C13H14N2O6. The second kappa shape index (κ2) is 5.80. The fourth-order valence-electron chi connectivity index (χ4n) is 2.05. The van der Waals surface area contributed by atoms with Gasteiger partial charge in [-0.2, -0.15) is 0 Å². The van der Waals surface area contributed by atoms with Crippen LogP contribution < -0.4 is 15.4 Å². The largest absolute Gasteiger partial charge is 0.481 e. The first-order valence-electron chi connectivity index (χ1n) is 6.17. The van der Waals surface area contributed by atoms with E-state index >= 15 is 0 Å². The fraction of sp³-hybridized carbons (Fsp3) is 0.308. The number of amides is 1. The summed E-state index contributed by atoms with van der Waals surface area (Å²) in [4.78, 5) is 35.1. The highest BCUT2D eigenvalue weighted by Crippen LogP contribution is 2.33. The monoisotopic (exact) mass is 294 g/mol. The highest BCUT2D eigenvalue weighted by molar-refractivity contribution is 6.01. The zero-order valence-corrected chi connectivity index (χ0v) is 10.9. The van der Waals surface area contributed by atoms with Crippen LogP contribution in [0.2, 0.25) is 0 Å². The van der Waals surface area contributed by atoms with Crippen LogP contribution in [-0.2, 0) is 14.4 Å². The summed E-state index contributed by atoms with van der Waals surface area (Å²) >= 11 is 0. The van der Waals surface area contributed by atoms with Crippen LogP contribution in [0.25, 0.3) is 0 Å². The third-order valence-corrected chi connectivity index (χ3v) is 3.03. The van der Waals surface area contributed by atoms with Gasteiger partial charge in [-0.3, -0.25) is 9.59 Å². The number of fused-ring (bicyclic) bond motifs is 1. The molecule has 0 bridgehead atoms. The highest BCUT2D eigenvalue weighted by Gasteiger charge is 2.35. The summed E-state index contributed by atoms with van der Waals surface area (Å²) in [7, 11) is 0. The molecule has 1 aliphatic rings. The number of carbonyl (C=O) groups excluding carboxylic acids is 1. The van der Waals surface area contributed by atoms with Crippen molar-refractivity contribution in [3.05, 3.63) is 24.3 Å². The van der Waals surface area contributed by atoms with Gasteiger partial charge in [-0.05, 0) is 12.1 Å². The molecule has 2 atom stereocenters. The van der Waals surface area contributed by atoms with Crippen LogP contribution in [0.15, 0.2) is 24.3 Å². The van der Waals surface area contributed by atoms with E-state index in [1.54, 1.807) is 18.2 Å². The van der Waals surface area contributed by atoms with Crippen LogP contribution in [0.3, 0.4) is 0 Å². The van der Waals surface area contributed by atoms with Gasteiger partial charge in [0.2, 0.25) is 12.0 Å². The molecule has 0 radical (unpaired) electrons. The Balaban J connectivity index is 2.30. The Labute approximate surface area is 119 Å². The number of anilines is 1. The quantitative estimate of drug-likeness (QED) is 0.692. The molecule has 1 aliphatic heterocycles. The zero-order chi connectivity index (χ0) is 15.6. The third-order valence-electron chi connectivity index (χ3n) is 3.03. The first-order valence-corrected chi connectivity index (χ1v) is 6.17. The van der Waals surface area contributed by atoms with Crippen LogP contribution in [0.5, 0.6) is 5.75 Å². The van der Waals surface area contributed by atoms with Gasteiger partial charge in [0.1, 0.15) is 5.75 Å². The number of ether oxygens (including phenoxy) is 1. The summed E-state index contributed by atoms with van der Waals surface area (Å²) in [5.41, 5.74) is 5.94. The van der Waals surface area contributed by atoms with Crippen molar-refractivity contribution in [3.8, 4) is 5.75 Å². The number of carboxylic acid groups (broad SMARTS) is 2. The zero-order valence-electron chi connectivity index (χ0n) is 10.9. The van der Waals surface area contributed by atoms with E-state index < -0.39 is 36.4 Å². The number of nitrogens with two attached hydrogens (primary N) is 1. The van der Waals surface area contributed by atoms with Gasteiger partial charge < -0.3 is 25.6 Å². The summed E-state index contributed by atoms with van der Waals surface area (Å²) in [6.07, 6.45) is -1.75. The van der Waals surface area contributed by atoms with Gasteiger partial charge >= 0.3 is 11.9 Å². The molecule has 2 unspecified atom stereocenters. The Morgan fingerprint density at radius 1 is 1.33 bits per heavy atom. The highest BCUT2D eigenvalue weighted by atomic mass is 16.5. The molecular weight excluding hydrogens is 280 g/mol. The van der Waals surface area contributed by atoms with Crippen molar-refractivity contribution in [3.63, 3.8) is 0 Å². The molecule has 1 aromatic rings. The maximum atomic E-state index is 12.3. The number of carbonyl (C=O) groups is 3. The van der Waals surface area contributed by atoms with Gasteiger partial charge in [-0.1, -0.05) is 12.1 Å². The van der Waals surface area contributed by atoms with E-state index in [9.17, 15) is 14.4 Å². The fourth-order valence-corrected chi connectivity index (χ4v) is 2.05. The number of benzene rings is 1. The lowest BCUT2D eigenvalue weighted by Crippen LogP contribution is -2.52. The third kappa shape index (κ3) is 3.11. The van der Waals surface area contributed by atoms with Gasteiger partial charge in [0.15, 0.2) is 0 Å². The Hall–Kier alpha value is -2.61. The van der Waals surface area contributed by atoms with E-state index in [0.717, 1.165) is 4.90 Å². The van der Waals surface area contributed by atoms with Crippen molar-refractivity contribution >= 4 is 23.5 Å². The van der Waals surface area contributed by atoms with Gasteiger partial charge in [0.25, 0.3) is 0 Å². The molecule has 0 saturated heterocycles. The molecule has 2 rings (SSSR count). The molecule has 8 heteroatoms. The van der Waals surface area contributed by atoms with Crippen LogP contribution >= 0.6 is 0 Å². The number of hydrogen-bond donors (Lipinski definition) is 3. The summed E-state index contributed by atoms with van der Waals surface area (Å²) in [5.74, 6) is -2.83. The van der Waals surface area contributed by atoms with Crippen LogP contribution in [-0.4, -0.2) is 46.7 Å². The maximum Gasteiger partial charge on any atom is 0.346 e. The molecule has 0 aromatic heterocycles. The lowest BCUT2D eigenvalue weighted by atomic mass is 10.1. The average Bonchev–Trinajstić information content (AvgIpc) is 2.44. The predicted octanol–water partition coefficient (Wildman–Crippen LogP) is -0.333. The molecule has 1 amide bonds. The van der Waals surface area contributed by atoms with Crippen LogP contribution in [0.1, 0.15) is 6.42 Å². The van der Waals surface area contributed by atoms with E-state index in [1.807, 2.05) is 0 Å². The summed E-state index contributed by atoms with van der Waals surface area (Å²) < 4.78 is 5.28. The number of aliphatic carboxylic acids is 2. The van der Waals surface area contributed by atoms with Crippen molar-refractivity contribution in [2.24, 2.45) is 5.73 Å². The molecule has 0 spiro atoms. The number of para-hydroxylation sites is 2. The number of nitrogens with zero attached hydrogens (tertiary/aromatic N) is 1. The SMILES string of the molecule is NC(CC(=O)O)C(=O)N1CC(C(=O)O)Oc2ccccc21. The number of hydrogen-bond acceptors (Lipinski definition) is 5. The Morgan fingerprint density at radius 3 is 2.62 bits per heavy atom. The minimum absolute atomic E-state index is 0.224. The van der Waals surface area contributed by atoms with Gasteiger partial charge in [0, 0.05) is 0 Å². The van der Waals surface area contributed by atoms with E-state index in [2.05, 4.69) is 0 Å². The van der Waals surface area contributed by atoms with E-state index in [4.69, 9.17) is 20.7 Å². The summed E-state index contributed by atoms with van der Waals surface area (Å²) in [5, 5.41) is 17.8. The molecule has 0 aliphatic carbocycles. The van der Waals surface area contributed by atoms with Crippen molar-refractivity contribution in [2.75, 3.05) is 11.4 Å². The molecule has 0 fully saturated rings. The standard InChI is InChI=1S/C13H14N2O6/c14-7(5-11(16)17)12(18)15-6-10(13(19)20)21-9-4-2-1-3-8(9)15/h1-4,7,10H,5-6,14H2,(H,16,17)(H,19,20). The Morgan fingerprint density at radius 2 is 2.00 bits per heavy atom. The number of rotatable bonds is 4. The molecule has 8 nitrogen and oxygen atoms in total. The van der Waals surface area contributed by atoms with Crippen molar-refractivity contribution in [1.82, 2.24) is 0 Å². The van der Waals surface area contributed by atoms with E-state index in [1.165, 1.54) is 6.07 Å². The maximum absolute atomic E-state index is 12.3. The van der Waals surface area contributed by atoms with Gasteiger partial charge in [-0.25, -0.2) is 4.79 Å². The van der Waals surface area contributed by atoms with Gasteiger partial charge in [0.05, 0.1) is 24.7 Å². The lowest BCUT2D eigenvalue weighted by Gasteiger charge is -2.34. The first-order chi connectivity index (χ1) is 9.90.